The zero-order valence-corrected chi connectivity index (χ0v) is 18.4. The summed E-state index contributed by atoms with van der Waals surface area (Å²) in [5, 5.41) is 0.345. The number of hydrogen-bond donors (Lipinski definition) is 0. The van der Waals surface area contributed by atoms with Gasteiger partial charge in [0.25, 0.3) is 11.8 Å². The van der Waals surface area contributed by atoms with Gasteiger partial charge in [-0.1, -0.05) is 11.6 Å². The average molecular weight is 442 g/mol. The second kappa shape index (κ2) is 8.08. The SMILES string of the molecule is CN(C)C(=O)c1ccc(N(C)C(=O)c2cc3c(s2)-c2ncccc2OCC3)c(Cl)c1. The Morgan fingerprint density at radius 3 is 2.67 bits per heavy atom. The third-order valence-corrected chi connectivity index (χ3v) is 6.38. The van der Waals surface area contributed by atoms with Crippen LogP contribution in [0.5, 0.6) is 5.75 Å². The molecule has 3 heterocycles. The highest BCUT2D eigenvalue weighted by atomic mass is 35.5. The Kier molecular flexibility index (Phi) is 5.49. The molecule has 30 heavy (non-hydrogen) atoms. The number of carbonyl (C=O) groups excluding carboxylic acids is 2. The molecule has 0 atom stereocenters. The third-order valence-electron chi connectivity index (χ3n) is 4.90. The molecular weight excluding hydrogens is 422 g/mol. The van der Waals surface area contributed by atoms with Crippen LogP contribution in [0.1, 0.15) is 25.6 Å². The second-order valence-corrected chi connectivity index (χ2v) is 8.60. The minimum absolute atomic E-state index is 0.146. The van der Waals surface area contributed by atoms with E-state index in [4.69, 9.17) is 16.3 Å². The summed E-state index contributed by atoms with van der Waals surface area (Å²) in [6.45, 7) is 0.541. The maximum Gasteiger partial charge on any atom is 0.268 e. The Morgan fingerprint density at radius 2 is 1.93 bits per heavy atom. The summed E-state index contributed by atoms with van der Waals surface area (Å²) < 4.78 is 5.77. The molecule has 0 bridgehead atoms. The number of carbonyl (C=O) groups is 2. The molecule has 0 saturated carbocycles. The minimum Gasteiger partial charge on any atom is -0.491 e. The number of nitrogens with zero attached hydrogens (tertiary/aromatic N) is 3. The van der Waals surface area contributed by atoms with E-state index in [0.29, 0.717) is 34.2 Å². The number of ether oxygens (including phenoxy) is 1. The standard InChI is InChI=1S/C22H20ClN3O3S/c1-25(2)21(27)14-6-7-16(15(23)11-14)26(3)22(28)18-12-13-8-10-29-17-5-4-9-24-19(17)20(13)30-18/h4-7,9,11-12H,8,10H2,1-3H3. The van der Waals surface area contributed by atoms with Crippen molar-refractivity contribution >= 4 is 40.4 Å². The second-order valence-electron chi connectivity index (χ2n) is 7.14. The van der Waals surface area contributed by atoms with Crippen LogP contribution in [-0.2, 0) is 6.42 Å². The van der Waals surface area contributed by atoms with E-state index in [9.17, 15) is 9.59 Å². The largest absolute Gasteiger partial charge is 0.491 e. The highest BCUT2D eigenvalue weighted by molar-refractivity contribution is 7.17. The van der Waals surface area contributed by atoms with Crippen LogP contribution >= 0.6 is 22.9 Å². The van der Waals surface area contributed by atoms with Crippen LogP contribution in [0.3, 0.4) is 0 Å². The summed E-state index contributed by atoms with van der Waals surface area (Å²) >= 11 is 7.81. The van der Waals surface area contributed by atoms with Crippen LogP contribution in [0.15, 0.2) is 42.6 Å². The van der Waals surface area contributed by atoms with E-state index < -0.39 is 0 Å². The van der Waals surface area contributed by atoms with Crippen molar-refractivity contribution < 1.29 is 14.3 Å². The molecule has 0 saturated heterocycles. The van der Waals surface area contributed by atoms with Crippen molar-refractivity contribution in [2.45, 2.75) is 6.42 Å². The maximum atomic E-state index is 13.2. The molecule has 1 aromatic carbocycles. The number of amides is 2. The molecule has 2 amide bonds. The van der Waals surface area contributed by atoms with E-state index in [1.807, 2.05) is 18.2 Å². The maximum absolute atomic E-state index is 13.2. The zero-order chi connectivity index (χ0) is 21.4. The number of pyridine rings is 1. The van der Waals surface area contributed by atoms with Gasteiger partial charge < -0.3 is 14.5 Å². The van der Waals surface area contributed by atoms with Crippen molar-refractivity contribution in [1.29, 1.82) is 0 Å². The quantitative estimate of drug-likeness (QED) is 0.605. The fourth-order valence-electron chi connectivity index (χ4n) is 3.31. The number of hydrogen-bond acceptors (Lipinski definition) is 5. The van der Waals surface area contributed by atoms with Gasteiger partial charge in [-0.05, 0) is 42.0 Å². The molecule has 0 aliphatic carbocycles. The van der Waals surface area contributed by atoms with E-state index >= 15 is 0 Å². The van der Waals surface area contributed by atoms with E-state index in [1.165, 1.54) is 21.1 Å². The monoisotopic (exact) mass is 441 g/mol. The van der Waals surface area contributed by atoms with E-state index in [0.717, 1.165) is 21.9 Å². The highest BCUT2D eigenvalue weighted by Crippen LogP contribution is 2.40. The van der Waals surface area contributed by atoms with Crippen LogP contribution in [0, 0.1) is 0 Å². The van der Waals surface area contributed by atoms with E-state index in [-0.39, 0.29) is 11.8 Å². The van der Waals surface area contributed by atoms with Crippen molar-refractivity contribution in [2.24, 2.45) is 0 Å². The molecule has 4 rings (SSSR count). The summed E-state index contributed by atoms with van der Waals surface area (Å²) in [6.07, 6.45) is 2.43. The Labute approximate surface area is 183 Å². The van der Waals surface area contributed by atoms with Crippen LogP contribution < -0.4 is 9.64 Å². The molecule has 0 radical (unpaired) electrons. The smallest absolute Gasteiger partial charge is 0.268 e. The van der Waals surface area contributed by atoms with Gasteiger partial charge in [0.2, 0.25) is 0 Å². The third kappa shape index (κ3) is 3.66. The fraction of sp³-hybridized carbons (Fsp3) is 0.227. The number of thiophene rings is 1. The summed E-state index contributed by atoms with van der Waals surface area (Å²) in [4.78, 5) is 34.3. The predicted octanol–water partition coefficient (Wildman–Crippen LogP) is 4.38. The molecule has 0 N–H and O–H groups in total. The molecule has 8 heteroatoms. The predicted molar refractivity (Wildman–Crippen MR) is 119 cm³/mol. The van der Waals surface area contributed by atoms with Gasteiger partial charge in [-0.2, -0.15) is 0 Å². The molecule has 0 unspecified atom stereocenters. The van der Waals surface area contributed by atoms with E-state index in [2.05, 4.69) is 4.98 Å². The molecule has 1 aliphatic rings. The van der Waals surface area contributed by atoms with Crippen molar-refractivity contribution in [3.05, 3.63) is 63.6 Å². The lowest BCUT2D eigenvalue weighted by molar-refractivity contribution is 0.0827. The Balaban J connectivity index is 1.65. The van der Waals surface area contributed by atoms with Crippen molar-refractivity contribution in [1.82, 2.24) is 9.88 Å². The van der Waals surface area contributed by atoms with Crippen LogP contribution in [0.2, 0.25) is 5.02 Å². The minimum atomic E-state index is -0.167. The number of aromatic nitrogens is 1. The summed E-state index contributed by atoms with van der Waals surface area (Å²) in [5.41, 5.74) is 2.83. The molecule has 6 nitrogen and oxygen atoms in total. The number of halogens is 1. The van der Waals surface area contributed by atoms with Crippen LogP contribution in [0.4, 0.5) is 5.69 Å². The van der Waals surface area contributed by atoms with Gasteiger partial charge in [0.1, 0.15) is 11.4 Å². The zero-order valence-electron chi connectivity index (χ0n) is 16.8. The molecule has 0 fully saturated rings. The molecule has 0 spiro atoms. The van der Waals surface area contributed by atoms with Gasteiger partial charge in [0.05, 0.1) is 27.1 Å². The molecule has 1 aliphatic heterocycles. The van der Waals surface area contributed by atoms with Gasteiger partial charge in [-0.15, -0.1) is 11.3 Å². The number of rotatable bonds is 3. The van der Waals surface area contributed by atoms with E-state index in [1.54, 1.807) is 45.5 Å². The van der Waals surface area contributed by atoms with Crippen molar-refractivity contribution in [2.75, 3.05) is 32.6 Å². The molecule has 154 valence electrons. The first-order valence-electron chi connectivity index (χ1n) is 9.37. The van der Waals surface area contributed by atoms with Crippen molar-refractivity contribution in [3.63, 3.8) is 0 Å². The first-order valence-corrected chi connectivity index (χ1v) is 10.6. The summed E-state index contributed by atoms with van der Waals surface area (Å²) in [6, 6.07) is 10.6. The Morgan fingerprint density at radius 1 is 1.13 bits per heavy atom. The van der Waals surface area contributed by atoms with Gasteiger partial charge in [-0.25, -0.2) is 0 Å². The average Bonchev–Trinajstić information content (AvgIpc) is 3.08. The van der Waals surface area contributed by atoms with Gasteiger partial charge in [0.15, 0.2) is 0 Å². The molecule has 3 aromatic rings. The van der Waals surface area contributed by atoms with Gasteiger partial charge in [0, 0.05) is 39.3 Å². The number of benzene rings is 1. The summed E-state index contributed by atoms with van der Waals surface area (Å²) in [7, 11) is 5.04. The lowest BCUT2D eigenvalue weighted by Crippen LogP contribution is -2.26. The first-order chi connectivity index (χ1) is 14.4. The number of fused-ring (bicyclic) bond motifs is 3. The van der Waals surface area contributed by atoms with Gasteiger partial charge >= 0.3 is 0 Å². The van der Waals surface area contributed by atoms with Crippen LogP contribution in [0.25, 0.3) is 10.6 Å². The van der Waals surface area contributed by atoms with Crippen molar-refractivity contribution in [3.8, 4) is 16.3 Å². The van der Waals surface area contributed by atoms with Gasteiger partial charge in [-0.3, -0.25) is 14.6 Å². The number of anilines is 1. The Hall–Kier alpha value is -2.90. The highest BCUT2D eigenvalue weighted by Gasteiger charge is 2.25. The fourth-order valence-corrected chi connectivity index (χ4v) is 4.81. The Bertz CT molecular complexity index is 1140. The lowest BCUT2D eigenvalue weighted by atomic mass is 10.1. The molecule has 2 aromatic heterocycles. The normalized spacial score (nSPS) is 12.3. The first kappa shape index (κ1) is 20.4. The lowest BCUT2D eigenvalue weighted by Gasteiger charge is -2.19. The van der Waals surface area contributed by atoms with Crippen LogP contribution in [-0.4, -0.2) is 49.4 Å². The molecular formula is C22H20ClN3O3S. The summed E-state index contributed by atoms with van der Waals surface area (Å²) in [5.74, 6) is 0.419. The topological polar surface area (TPSA) is 62.7 Å².